The van der Waals surface area contributed by atoms with Crippen molar-refractivity contribution < 1.29 is 21.6 Å². The second-order valence-corrected chi connectivity index (χ2v) is 11.7. The molecule has 1 aliphatic heterocycles. The van der Waals surface area contributed by atoms with Crippen LogP contribution in [-0.4, -0.2) is 51.9 Å². The molecule has 1 amide bonds. The zero-order valence-corrected chi connectivity index (χ0v) is 20.3. The lowest BCUT2D eigenvalue weighted by atomic mass is 10.1. The van der Waals surface area contributed by atoms with Crippen LogP contribution in [0.5, 0.6) is 0 Å². The maximum atomic E-state index is 13.5. The van der Waals surface area contributed by atoms with Gasteiger partial charge in [0.15, 0.2) is 9.84 Å². The lowest BCUT2D eigenvalue weighted by Crippen LogP contribution is -2.41. The average molecular weight is 477 g/mol. The predicted molar refractivity (Wildman–Crippen MR) is 126 cm³/mol. The van der Waals surface area contributed by atoms with E-state index in [1.165, 1.54) is 39.5 Å². The van der Waals surface area contributed by atoms with E-state index in [0.29, 0.717) is 18.8 Å². The minimum absolute atomic E-state index is 0.110. The molecule has 0 aromatic heterocycles. The van der Waals surface area contributed by atoms with Crippen LogP contribution in [0.4, 0.5) is 5.69 Å². The van der Waals surface area contributed by atoms with Gasteiger partial charge in [0.05, 0.1) is 16.7 Å². The van der Waals surface area contributed by atoms with Crippen LogP contribution in [0.2, 0.25) is 0 Å². The van der Waals surface area contributed by atoms with Crippen molar-refractivity contribution >= 4 is 31.5 Å². The predicted octanol–water partition coefficient (Wildman–Crippen LogP) is 3.29. The highest BCUT2D eigenvalue weighted by Gasteiger charge is 2.32. The van der Waals surface area contributed by atoms with Gasteiger partial charge in [-0.15, -0.1) is 0 Å². The molecule has 0 spiro atoms. The van der Waals surface area contributed by atoms with Crippen LogP contribution < -0.4 is 4.90 Å². The Labute approximate surface area is 190 Å². The number of anilines is 1. The lowest BCUT2D eigenvalue weighted by molar-refractivity contribution is 0.0983. The molecule has 0 N–H and O–H groups in total. The van der Waals surface area contributed by atoms with Crippen LogP contribution in [-0.2, 0) is 19.9 Å². The third-order valence-corrected chi connectivity index (χ3v) is 8.83. The van der Waals surface area contributed by atoms with Crippen LogP contribution >= 0.6 is 0 Å². The van der Waals surface area contributed by atoms with Crippen LogP contribution in [0.15, 0.2) is 58.8 Å². The number of sulfonamides is 1. The second-order valence-electron chi connectivity index (χ2n) is 7.86. The SMILES string of the molecule is CCN(CC)S(=O)(=O)c1ccc(C(=O)N(c2cc(C)cc(C)c2)C2C=CS(=O)(=O)C2)cc1. The van der Waals surface area contributed by atoms with Gasteiger partial charge in [0, 0.05) is 29.7 Å². The summed E-state index contributed by atoms with van der Waals surface area (Å²) < 4.78 is 50.9. The highest BCUT2D eigenvalue weighted by atomic mass is 32.2. The van der Waals surface area contributed by atoms with Gasteiger partial charge >= 0.3 is 0 Å². The molecule has 0 saturated heterocycles. The highest BCUT2D eigenvalue weighted by Crippen LogP contribution is 2.27. The first kappa shape index (κ1) is 24.2. The molecule has 0 aliphatic carbocycles. The van der Waals surface area contributed by atoms with E-state index >= 15 is 0 Å². The number of sulfone groups is 1. The quantitative estimate of drug-likeness (QED) is 0.612. The molecule has 2 aromatic carbocycles. The summed E-state index contributed by atoms with van der Waals surface area (Å²) in [6, 6.07) is 10.8. The fourth-order valence-corrected chi connectivity index (χ4v) is 6.62. The van der Waals surface area contributed by atoms with Gasteiger partial charge < -0.3 is 4.90 Å². The minimum atomic E-state index is -3.64. The van der Waals surface area contributed by atoms with E-state index in [0.717, 1.165) is 16.5 Å². The molecule has 1 heterocycles. The highest BCUT2D eigenvalue weighted by molar-refractivity contribution is 7.94. The summed E-state index contributed by atoms with van der Waals surface area (Å²) in [5.41, 5.74) is 2.77. The normalized spacial score (nSPS) is 17.6. The molecule has 1 aliphatic rings. The number of amides is 1. The number of carbonyl (C=O) groups excluding carboxylic acids is 1. The molecular weight excluding hydrogens is 448 g/mol. The van der Waals surface area contributed by atoms with E-state index in [2.05, 4.69) is 0 Å². The molecule has 9 heteroatoms. The fourth-order valence-electron chi connectivity index (χ4n) is 3.89. The van der Waals surface area contributed by atoms with E-state index in [1.54, 1.807) is 13.8 Å². The van der Waals surface area contributed by atoms with Crippen molar-refractivity contribution in [2.24, 2.45) is 0 Å². The number of aryl methyl sites for hydroxylation is 2. The van der Waals surface area contributed by atoms with Crippen molar-refractivity contribution in [3.63, 3.8) is 0 Å². The maximum absolute atomic E-state index is 13.5. The summed E-state index contributed by atoms with van der Waals surface area (Å²) in [5, 5.41) is 1.14. The molecule has 7 nitrogen and oxygen atoms in total. The first-order valence-corrected chi connectivity index (χ1v) is 13.6. The molecule has 2 aromatic rings. The Morgan fingerprint density at radius 1 is 1.00 bits per heavy atom. The van der Waals surface area contributed by atoms with Crippen molar-refractivity contribution in [2.45, 2.75) is 38.6 Å². The van der Waals surface area contributed by atoms with Gasteiger partial charge in [-0.1, -0.05) is 19.9 Å². The van der Waals surface area contributed by atoms with Gasteiger partial charge in [0.2, 0.25) is 10.0 Å². The largest absolute Gasteiger partial charge is 0.300 e. The fraction of sp³-hybridized carbons (Fsp3) is 0.348. The molecule has 0 bridgehead atoms. The molecule has 0 fully saturated rings. The number of hydrogen-bond acceptors (Lipinski definition) is 5. The summed E-state index contributed by atoms with van der Waals surface area (Å²) in [7, 11) is -7.03. The van der Waals surface area contributed by atoms with Crippen molar-refractivity contribution in [1.82, 2.24) is 4.31 Å². The Kier molecular flexibility index (Phi) is 6.92. The third kappa shape index (κ3) is 4.95. The molecule has 32 heavy (non-hydrogen) atoms. The number of benzene rings is 2. The van der Waals surface area contributed by atoms with Gasteiger partial charge in [-0.3, -0.25) is 4.79 Å². The van der Waals surface area contributed by atoms with E-state index in [-0.39, 0.29) is 16.2 Å². The standard InChI is InChI=1S/C23H28N2O5S2/c1-5-24(6-2)32(29,30)22-9-7-19(8-10-22)23(26)25(20-11-12-31(27,28)16-20)21-14-17(3)13-18(4)15-21/h7-15,20H,5-6,16H2,1-4H3. The summed E-state index contributed by atoms with van der Waals surface area (Å²) in [4.78, 5) is 15.1. The van der Waals surface area contributed by atoms with E-state index in [4.69, 9.17) is 0 Å². The van der Waals surface area contributed by atoms with E-state index in [9.17, 15) is 21.6 Å². The van der Waals surface area contributed by atoms with Crippen molar-refractivity contribution in [3.05, 3.63) is 70.6 Å². The van der Waals surface area contributed by atoms with Gasteiger partial charge in [-0.05, 0) is 67.4 Å². The Morgan fingerprint density at radius 2 is 1.56 bits per heavy atom. The first-order chi connectivity index (χ1) is 15.0. The minimum Gasteiger partial charge on any atom is -0.300 e. The summed E-state index contributed by atoms with van der Waals surface area (Å²) in [6.07, 6.45) is 1.52. The zero-order valence-electron chi connectivity index (χ0n) is 18.6. The Bertz CT molecular complexity index is 1230. The summed E-state index contributed by atoms with van der Waals surface area (Å²) >= 11 is 0. The molecule has 1 atom stereocenters. The van der Waals surface area contributed by atoms with Gasteiger partial charge in [0.25, 0.3) is 5.91 Å². The van der Waals surface area contributed by atoms with Crippen LogP contribution in [0.1, 0.15) is 35.3 Å². The zero-order chi connectivity index (χ0) is 23.7. The van der Waals surface area contributed by atoms with Gasteiger partial charge in [-0.25, -0.2) is 16.8 Å². The molecule has 3 rings (SSSR count). The lowest BCUT2D eigenvalue weighted by Gasteiger charge is -2.28. The Hall–Kier alpha value is -2.49. The van der Waals surface area contributed by atoms with Crippen LogP contribution in [0.25, 0.3) is 0 Å². The second kappa shape index (κ2) is 9.17. The van der Waals surface area contributed by atoms with Gasteiger partial charge in [0.1, 0.15) is 0 Å². The van der Waals surface area contributed by atoms with Gasteiger partial charge in [-0.2, -0.15) is 4.31 Å². The summed E-state index contributed by atoms with van der Waals surface area (Å²) in [6.45, 7) is 8.05. The van der Waals surface area contributed by atoms with Crippen LogP contribution in [0.3, 0.4) is 0 Å². The number of hydrogen-bond donors (Lipinski definition) is 0. The molecule has 1 unspecified atom stereocenters. The molecule has 0 saturated carbocycles. The molecule has 172 valence electrons. The Balaban J connectivity index is 2.01. The summed E-state index contributed by atoms with van der Waals surface area (Å²) in [5.74, 6) is -0.589. The number of carbonyl (C=O) groups is 1. The number of rotatable bonds is 7. The first-order valence-electron chi connectivity index (χ1n) is 10.4. The molecule has 0 radical (unpaired) electrons. The molecular formula is C23H28N2O5S2. The number of nitrogens with zero attached hydrogens (tertiary/aromatic N) is 2. The maximum Gasteiger partial charge on any atom is 0.258 e. The topological polar surface area (TPSA) is 91.8 Å². The Morgan fingerprint density at radius 3 is 2.03 bits per heavy atom. The van der Waals surface area contributed by atoms with Crippen LogP contribution in [0, 0.1) is 13.8 Å². The smallest absolute Gasteiger partial charge is 0.258 e. The van der Waals surface area contributed by atoms with Crippen molar-refractivity contribution in [3.8, 4) is 0 Å². The van der Waals surface area contributed by atoms with E-state index in [1.807, 2.05) is 32.0 Å². The van der Waals surface area contributed by atoms with Crippen molar-refractivity contribution in [2.75, 3.05) is 23.7 Å². The van der Waals surface area contributed by atoms with Crippen molar-refractivity contribution in [1.29, 1.82) is 0 Å². The average Bonchev–Trinajstić information content (AvgIpc) is 3.07. The van der Waals surface area contributed by atoms with E-state index < -0.39 is 31.8 Å². The third-order valence-electron chi connectivity index (χ3n) is 5.39. The monoisotopic (exact) mass is 476 g/mol.